The van der Waals surface area contributed by atoms with Gasteiger partial charge in [-0.25, -0.2) is 9.67 Å². The zero-order valence-corrected chi connectivity index (χ0v) is 18.0. The standard InChI is InChI=1S/C24H28N4O2/c1-16-13-17(2)28(26-16)23-12-9-21(14-25-23)24(29)27(18(3)20-7-8-20)15-19-5-10-22(30-4)11-6-19/h5-6,9-14,18,20H,7-8,15H2,1-4H3. The molecule has 0 aliphatic heterocycles. The third kappa shape index (κ3) is 4.22. The Morgan fingerprint density at radius 3 is 2.47 bits per heavy atom. The number of carbonyl (C=O) groups excluding carboxylic acids is 1. The van der Waals surface area contributed by atoms with E-state index >= 15 is 0 Å². The number of methoxy groups -OCH3 is 1. The molecule has 1 unspecified atom stereocenters. The van der Waals surface area contributed by atoms with Crippen molar-refractivity contribution in [1.29, 1.82) is 0 Å². The number of nitrogens with zero attached hydrogens (tertiary/aromatic N) is 4. The van der Waals surface area contributed by atoms with Crippen LogP contribution in [0.5, 0.6) is 5.75 Å². The minimum atomic E-state index is 0.0117. The molecular weight excluding hydrogens is 376 g/mol. The SMILES string of the molecule is COc1ccc(CN(C(=O)c2ccc(-n3nc(C)cc3C)nc2)C(C)C2CC2)cc1. The van der Waals surface area contributed by atoms with Gasteiger partial charge in [0, 0.05) is 24.5 Å². The lowest BCUT2D eigenvalue weighted by atomic mass is 10.1. The summed E-state index contributed by atoms with van der Waals surface area (Å²) in [7, 11) is 1.66. The smallest absolute Gasteiger partial charge is 0.255 e. The summed E-state index contributed by atoms with van der Waals surface area (Å²) in [6.07, 6.45) is 4.03. The Kier molecular flexibility index (Phi) is 5.57. The van der Waals surface area contributed by atoms with E-state index in [1.54, 1.807) is 18.0 Å². The molecule has 0 N–H and O–H groups in total. The molecule has 1 amide bonds. The molecule has 1 aromatic carbocycles. The van der Waals surface area contributed by atoms with Crippen LogP contribution in [0.2, 0.25) is 0 Å². The Balaban J connectivity index is 1.56. The van der Waals surface area contributed by atoms with Gasteiger partial charge in [0.25, 0.3) is 5.91 Å². The maximum absolute atomic E-state index is 13.4. The highest BCUT2D eigenvalue weighted by Gasteiger charge is 2.34. The summed E-state index contributed by atoms with van der Waals surface area (Å²) in [5.74, 6) is 2.12. The van der Waals surface area contributed by atoms with Gasteiger partial charge in [-0.1, -0.05) is 12.1 Å². The van der Waals surface area contributed by atoms with E-state index in [1.165, 1.54) is 12.8 Å². The highest BCUT2D eigenvalue weighted by molar-refractivity contribution is 5.94. The first kappa shape index (κ1) is 20.1. The summed E-state index contributed by atoms with van der Waals surface area (Å²) in [4.78, 5) is 19.9. The summed E-state index contributed by atoms with van der Waals surface area (Å²) in [6, 6.07) is 13.8. The number of benzene rings is 1. The van der Waals surface area contributed by atoms with Crippen molar-refractivity contribution in [2.45, 2.75) is 46.2 Å². The lowest BCUT2D eigenvalue weighted by Crippen LogP contribution is -2.39. The number of pyridine rings is 1. The van der Waals surface area contributed by atoms with Gasteiger partial charge in [-0.15, -0.1) is 0 Å². The van der Waals surface area contributed by atoms with Gasteiger partial charge in [-0.05, 0) is 75.4 Å². The molecule has 0 radical (unpaired) electrons. The normalized spacial score (nSPS) is 14.4. The van der Waals surface area contributed by atoms with Crippen LogP contribution in [0.4, 0.5) is 0 Å². The van der Waals surface area contributed by atoms with Gasteiger partial charge < -0.3 is 9.64 Å². The van der Waals surface area contributed by atoms with Crippen molar-refractivity contribution in [3.05, 3.63) is 71.2 Å². The molecular formula is C24H28N4O2. The Morgan fingerprint density at radius 2 is 1.93 bits per heavy atom. The summed E-state index contributed by atoms with van der Waals surface area (Å²) < 4.78 is 7.05. The number of carbonyl (C=O) groups is 1. The average Bonchev–Trinajstić information content (AvgIpc) is 3.55. The molecule has 1 aliphatic carbocycles. The van der Waals surface area contributed by atoms with Crippen LogP contribution >= 0.6 is 0 Å². The van der Waals surface area contributed by atoms with E-state index in [0.717, 1.165) is 22.7 Å². The van der Waals surface area contributed by atoms with Crippen molar-refractivity contribution in [3.8, 4) is 11.6 Å². The molecule has 2 heterocycles. The molecule has 0 bridgehead atoms. The van der Waals surface area contributed by atoms with Crippen LogP contribution < -0.4 is 4.74 Å². The minimum absolute atomic E-state index is 0.0117. The molecule has 0 saturated heterocycles. The van der Waals surface area contributed by atoms with Crippen molar-refractivity contribution in [3.63, 3.8) is 0 Å². The van der Waals surface area contributed by atoms with Crippen LogP contribution in [-0.4, -0.2) is 38.7 Å². The second kappa shape index (κ2) is 8.30. The second-order valence-corrected chi connectivity index (χ2v) is 8.10. The number of rotatable bonds is 7. The van der Waals surface area contributed by atoms with E-state index in [-0.39, 0.29) is 11.9 Å². The van der Waals surface area contributed by atoms with Crippen molar-refractivity contribution in [2.75, 3.05) is 7.11 Å². The quantitative estimate of drug-likeness (QED) is 0.588. The van der Waals surface area contributed by atoms with Gasteiger partial charge >= 0.3 is 0 Å². The van der Waals surface area contributed by atoms with Gasteiger partial charge in [0.15, 0.2) is 5.82 Å². The molecule has 4 rings (SSSR count). The number of ether oxygens (including phenoxy) is 1. The molecule has 156 valence electrons. The van der Waals surface area contributed by atoms with Crippen LogP contribution in [0.3, 0.4) is 0 Å². The van der Waals surface area contributed by atoms with E-state index in [2.05, 4.69) is 17.0 Å². The van der Waals surface area contributed by atoms with Crippen LogP contribution in [0.1, 0.15) is 47.1 Å². The van der Waals surface area contributed by atoms with Crippen LogP contribution in [0.25, 0.3) is 5.82 Å². The summed E-state index contributed by atoms with van der Waals surface area (Å²) >= 11 is 0. The molecule has 6 nitrogen and oxygen atoms in total. The number of aromatic nitrogens is 3. The van der Waals surface area contributed by atoms with Gasteiger partial charge in [-0.3, -0.25) is 4.79 Å². The fourth-order valence-corrected chi connectivity index (χ4v) is 3.83. The maximum atomic E-state index is 13.4. The fourth-order valence-electron chi connectivity index (χ4n) is 3.83. The summed E-state index contributed by atoms with van der Waals surface area (Å²) in [6.45, 7) is 6.67. The predicted octanol–water partition coefficient (Wildman–Crippen LogP) is 4.33. The zero-order valence-electron chi connectivity index (χ0n) is 18.0. The number of aryl methyl sites for hydroxylation is 2. The van der Waals surface area contributed by atoms with Crippen molar-refractivity contribution in [1.82, 2.24) is 19.7 Å². The van der Waals surface area contributed by atoms with Crippen molar-refractivity contribution in [2.24, 2.45) is 5.92 Å². The van der Waals surface area contributed by atoms with Crippen molar-refractivity contribution < 1.29 is 9.53 Å². The summed E-state index contributed by atoms with van der Waals surface area (Å²) in [5.41, 5.74) is 3.64. The van der Waals surface area contributed by atoms with E-state index in [4.69, 9.17) is 4.74 Å². The number of hydrogen-bond acceptors (Lipinski definition) is 4. The molecule has 1 saturated carbocycles. The lowest BCUT2D eigenvalue weighted by Gasteiger charge is -2.30. The third-order valence-corrected chi connectivity index (χ3v) is 5.79. The van der Waals surface area contributed by atoms with Crippen LogP contribution in [-0.2, 0) is 6.54 Å². The van der Waals surface area contributed by atoms with Gasteiger partial charge in [0.2, 0.25) is 0 Å². The van der Waals surface area contributed by atoms with Crippen LogP contribution in [0.15, 0.2) is 48.7 Å². The molecule has 3 aromatic rings. The average molecular weight is 405 g/mol. The maximum Gasteiger partial charge on any atom is 0.255 e. The highest BCUT2D eigenvalue weighted by Crippen LogP contribution is 2.36. The molecule has 6 heteroatoms. The molecule has 2 aromatic heterocycles. The number of hydrogen-bond donors (Lipinski definition) is 0. The van der Waals surface area contributed by atoms with Crippen molar-refractivity contribution >= 4 is 5.91 Å². The third-order valence-electron chi connectivity index (χ3n) is 5.79. The second-order valence-electron chi connectivity index (χ2n) is 8.10. The molecule has 1 atom stereocenters. The minimum Gasteiger partial charge on any atom is -0.497 e. The van der Waals surface area contributed by atoms with Gasteiger partial charge in [0.1, 0.15) is 5.75 Å². The van der Waals surface area contributed by atoms with E-state index in [0.29, 0.717) is 23.8 Å². The molecule has 0 spiro atoms. The Hall–Kier alpha value is -3.15. The van der Waals surface area contributed by atoms with Gasteiger partial charge in [-0.2, -0.15) is 5.10 Å². The topological polar surface area (TPSA) is 60.2 Å². The fraction of sp³-hybridized carbons (Fsp3) is 0.375. The predicted molar refractivity (Wildman–Crippen MR) is 116 cm³/mol. The highest BCUT2D eigenvalue weighted by atomic mass is 16.5. The first-order valence-corrected chi connectivity index (χ1v) is 10.4. The van der Waals surface area contributed by atoms with E-state index < -0.39 is 0 Å². The van der Waals surface area contributed by atoms with E-state index in [9.17, 15) is 4.79 Å². The first-order valence-electron chi connectivity index (χ1n) is 10.4. The Labute approximate surface area is 177 Å². The lowest BCUT2D eigenvalue weighted by molar-refractivity contribution is 0.0654. The molecule has 1 aliphatic rings. The largest absolute Gasteiger partial charge is 0.497 e. The van der Waals surface area contributed by atoms with Gasteiger partial charge in [0.05, 0.1) is 18.4 Å². The Bertz CT molecular complexity index is 1020. The first-order chi connectivity index (χ1) is 14.5. The molecule has 30 heavy (non-hydrogen) atoms. The molecule has 1 fully saturated rings. The van der Waals surface area contributed by atoms with Crippen LogP contribution in [0, 0.1) is 19.8 Å². The Morgan fingerprint density at radius 1 is 1.20 bits per heavy atom. The summed E-state index contributed by atoms with van der Waals surface area (Å²) in [5, 5.41) is 4.47. The van der Waals surface area contributed by atoms with E-state index in [1.807, 2.05) is 61.2 Å². The zero-order chi connectivity index (χ0) is 21.3. The number of amides is 1. The monoisotopic (exact) mass is 404 g/mol.